The van der Waals surface area contributed by atoms with E-state index in [0.29, 0.717) is 36.4 Å². The van der Waals surface area contributed by atoms with Crippen LogP contribution in [0.2, 0.25) is 0 Å². The molecule has 1 N–H and O–H groups in total. The lowest BCUT2D eigenvalue weighted by atomic mass is 10.1. The molecule has 1 saturated heterocycles. The number of piperidine rings is 1. The number of halogens is 1. The topological polar surface area (TPSA) is 66.5 Å². The van der Waals surface area contributed by atoms with E-state index in [1.165, 1.54) is 4.31 Å². The van der Waals surface area contributed by atoms with Crippen molar-refractivity contribution in [1.29, 1.82) is 0 Å². The predicted octanol–water partition coefficient (Wildman–Crippen LogP) is 3.34. The summed E-state index contributed by atoms with van der Waals surface area (Å²) in [5.41, 5.74) is 1.50. The van der Waals surface area contributed by atoms with E-state index in [0.717, 1.165) is 10.0 Å². The number of nitrogens with one attached hydrogen (secondary N) is 1. The Bertz CT molecular complexity index is 892. The molecule has 0 aliphatic carbocycles. The summed E-state index contributed by atoms with van der Waals surface area (Å²) >= 11 is 3.39. The molecule has 1 amide bonds. The Labute approximate surface area is 162 Å². The highest BCUT2D eigenvalue weighted by Crippen LogP contribution is 2.25. The Morgan fingerprint density at radius 1 is 1.12 bits per heavy atom. The van der Waals surface area contributed by atoms with E-state index in [1.54, 1.807) is 30.3 Å². The van der Waals surface area contributed by atoms with Gasteiger partial charge in [0.1, 0.15) is 0 Å². The van der Waals surface area contributed by atoms with Crippen molar-refractivity contribution in [3.63, 3.8) is 0 Å². The lowest BCUT2D eigenvalue weighted by Gasteiger charge is -2.31. The van der Waals surface area contributed by atoms with Gasteiger partial charge in [-0.05, 0) is 55.7 Å². The summed E-state index contributed by atoms with van der Waals surface area (Å²) in [4.78, 5) is 12.5. The second kappa shape index (κ2) is 7.90. The van der Waals surface area contributed by atoms with E-state index in [9.17, 15) is 13.2 Å². The highest BCUT2D eigenvalue weighted by molar-refractivity contribution is 9.10. The van der Waals surface area contributed by atoms with Gasteiger partial charge < -0.3 is 5.32 Å². The summed E-state index contributed by atoms with van der Waals surface area (Å²) in [5.74, 6) is -0.115. The van der Waals surface area contributed by atoms with Crippen molar-refractivity contribution < 1.29 is 13.2 Å². The zero-order chi connectivity index (χ0) is 18.7. The van der Waals surface area contributed by atoms with Gasteiger partial charge in [0, 0.05) is 29.2 Å². The zero-order valence-electron chi connectivity index (χ0n) is 14.5. The summed E-state index contributed by atoms with van der Waals surface area (Å²) in [6.07, 6.45) is 1.21. The molecule has 1 aliphatic rings. The standard InChI is InChI=1S/C19H21BrN2O3S/c1-14-13-17(7-8-18(14)20)26(24,25)22-11-9-16(10-12-22)21-19(23)15-5-3-2-4-6-15/h2-8,13,16H,9-12H2,1H3,(H,21,23). The smallest absolute Gasteiger partial charge is 0.251 e. The Kier molecular flexibility index (Phi) is 5.79. The maximum atomic E-state index is 12.8. The first-order valence-corrected chi connectivity index (χ1v) is 10.7. The SMILES string of the molecule is Cc1cc(S(=O)(=O)N2CCC(NC(=O)c3ccccc3)CC2)ccc1Br. The summed E-state index contributed by atoms with van der Waals surface area (Å²) in [6.45, 7) is 2.67. The van der Waals surface area contributed by atoms with Gasteiger partial charge in [-0.2, -0.15) is 4.31 Å². The maximum absolute atomic E-state index is 12.8. The van der Waals surface area contributed by atoms with Crippen LogP contribution in [0, 0.1) is 6.92 Å². The number of aryl methyl sites for hydroxylation is 1. The van der Waals surface area contributed by atoms with Crippen LogP contribution in [0.3, 0.4) is 0 Å². The number of sulfonamides is 1. The van der Waals surface area contributed by atoms with Crippen molar-refractivity contribution in [2.45, 2.75) is 30.7 Å². The number of hydrogen-bond donors (Lipinski definition) is 1. The lowest BCUT2D eigenvalue weighted by molar-refractivity contribution is 0.0924. The van der Waals surface area contributed by atoms with E-state index in [4.69, 9.17) is 0 Å². The Hall–Kier alpha value is -1.70. The molecule has 3 rings (SSSR count). The molecule has 1 aliphatic heterocycles. The van der Waals surface area contributed by atoms with Crippen LogP contribution in [-0.2, 0) is 10.0 Å². The van der Waals surface area contributed by atoms with Gasteiger partial charge in [-0.3, -0.25) is 4.79 Å². The molecule has 0 atom stereocenters. The third-order valence-corrected chi connectivity index (χ3v) is 7.38. The van der Waals surface area contributed by atoms with Crippen LogP contribution in [-0.4, -0.2) is 37.8 Å². The first-order chi connectivity index (χ1) is 12.4. The van der Waals surface area contributed by atoms with Crippen LogP contribution < -0.4 is 5.32 Å². The van der Waals surface area contributed by atoms with Crippen molar-refractivity contribution in [3.8, 4) is 0 Å². The third-order valence-electron chi connectivity index (χ3n) is 4.59. The van der Waals surface area contributed by atoms with Crippen LogP contribution in [0.4, 0.5) is 0 Å². The fourth-order valence-electron chi connectivity index (χ4n) is 3.03. The lowest BCUT2D eigenvalue weighted by Crippen LogP contribution is -2.46. The average molecular weight is 437 g/mol. The molecule has 1 heterocycles. The second-order valence-corrected chi connectivity index (χ2v) is 9.22. The van der Waals surface area contributed by atoms with Crippen molar-refractivity contribution in [1.82, 2.24) is 9.62 Å². The number of hydrogen-bond acceptors (Lipinski definition) is 3. The molecule has 0 radical (unpaired) electrons. The number of carbonyl (C=O) groups is 1. The molecule has 0 unspecified atom stereocenters. The van der Waals surface area contributed by atoms with Crippen molar-refractivity contribution in [3.05, 3.63) is 64.1 Å². The molecule has 26 heavy (non-hydrogen) atoms. The Balaban J connectivity index is 1.62. The van der Waals surface area contributed by atoms with Crippen LogP contribution in [0.25, 0.3) is 0 Å². The first-order valence-electron chi connectivity index (χ1n) is 8.50. The quantitative estimate of drug-likeness (QED) is 0.798. The van der Waals surface area contributed by atoms with Crippen molar-refractivity contribution >= 4 is 31.9 Å². The monoisotopic (exact) mass is 436 g/mol. The van der Waals surface area contributed by atoms with Crippen LogP contribution in [0.1, 0.15) is 28.8 Å². The number of nitrogens with zero attached hydrogens (tertiary/aromatic N) is 1. The highest BCUT2D eigenvalue weighted by atomic mass is 79.9. The maximum Gasteiger partial charge on any atom is 0.251 e. The number of carbonyl (C=O) groups excluding carboxylic acids is 1. The van der Waals surface area contributed by atoms with E-state index >= 15 is 0 Å². The number of amides is 1. The summed E-state index contributed by atoms with van der Waals surface area (Å²) in [5, 5.41) is 3.00. The van der Waals surface area contributed by atoms with Crippen molar-refractivity contribution in [2.24, 2.45) is 0 Å². The molecule has 1 fully saturated rings. The molecule has 138 valence electrons. The number of rotatable bonds is 4. The number of benzene rings is 2. The minimum Gasteiger partial charge on any atom is -0.349 e. The largest absolute Gasteiger partial charge is 0.349 e. The van der Waals surface area contributed by atoms with E-state index in [1.807, 2.05) is 25.1 Å². The highest BCUT2D eigenvalue weighted by Gasteiger charge is 2.30. The van der Waals surface area contributed by atoms with Crippen molar-refractivity contribution in [2.75, 3.05) is 13.1 Å². The fraction of sp³-hybridized carbons (Fsp3) is 0.316. The zero-order valence-corrected chi connectivity index (χ0v) is 16.9. The van der Waals surface area contributed by atoms with E-state index in [2.05, 4.69) is 21.2 Å². The molecule has 0 spiro atoms. The summed E-state index contributed by atoms with van der Waals surface area (Å²) in [6, 6.07) is 14.1. The van der Waals surface area contributed by atoms with Crippen LogP contribution in [0.5, 0.6) is 0 Å². The summed E-state index contributed by atoms with van der Waals surface area (Å²) < 4.78 is 28.0. The van der Waals surface area contributed by atoms with E-state index < -0.39 is 10.0 Å². The molecular formula is C19H21BrN2O3S. The van der Waals surface area contributed by atoms with Gasteiger partial charge in [-0.15, -0.1) is 0 Å². The summed E-state index contributed by atoms with van der Waals surface area (Å²) in [7, 11) is -3.51. The molecule has 2 aromatic carbocycles. The van der Waals surface area contributed by atoms with Crippen LogP contribution >= 0.6 is 15.9 Å². The Morgan fingerprint density at radius 2 is 1.77 bits per heavy atom. The second-order valence-electron chi connectivity index (χ2n) is 6.43. The predicted molar refractivity (Wildman–Crippen MR) is 105 cm³/mol. The van der Waals surface area contributed by atoms with Gasteiger partial charge in [0.15, 0.2) is 0 Å². The van der Waals surface area contributed by atoms with Gasteiger partial charge >= 0.3 is 0 Å². The van der Waals surface area contributed by atoms with Gasteiger partial charge in [-0.1, -0.05) is 34.1 Å². The third kappa shape index (κ3) is 4.16. The Morgan fingerprint density at radius 3 is 2.38 bits per heavy atom. The van der Waals surface area contributed by atoms with Gasteiger partial charge in [0.2, 0.25) is 10.0 Å². The molecule has 7 heteroatoms. The molecule has 2 aromatic rings. The van der Waals surface area contributed by atoms with Gasteiger partial charge in [0.05, 0.1) is 4.90 Å². The minimum absolute atomic E-state index is 0.0131. The van der Waals surface area contributed by atoms with Gasteiger partial charge in [-0.25, -0.2) is 8.42 Å². The molecule has 0 saturated carbocycles. The molecular weight excluding hydrogens is 416 g/mol. The van der Waals surface area contributed by atoms with E-state index in [-0.39, 0.29) is 11.9 Å². The minimum atomic E-state index is -3.51. The normalized spacial score (nSPS) is 16.4. The molecule has 0 aromatic heterocycles. The molecule has 5 nitrogen and oxygen atoms in total. The fourth-order valence-corrected chi connectivity index (χ4v) is 4.83. The average Bonchev–Trinajstić information content (AvgIpc) is 2.65. The molecule has 0 bridgehead atoms. The first kappa shape index (κ1) is 19.1. The van der Waals surface area contributed by atoms with Crippen LogP contribution in [0.15, 0.2) is 57.9 Å². The van der Waals surface area contributed by atoms with Gasteiger partial charge in [0.25, 0.3) is 5.91 Å².